The molecule has 0 aromatic rings. The maximum Gasteiger partial charge on any atom is -0.0395 e. The van der Waals surface area contributed by atoms with E-state index in [-0.39, 0.29) is 0 Å². The van der Waals surface area contributed by atoms with Crippen LogP contribution < -0.4 is 0 Å². The highest BCUT2D eigenvalue weighted by molar-refractivity contribution is 5.29. The Morgan fingerprint density at radius 1 is 1.00 bits per heavy atom. The molecule has 0 aliphatic rings. The highest BCUT2D eigenvalue weighted by Gasteiger charge is 1.86. The van der Waals surface area contributed by atoms with E-state index in [2.05, 4.69) is 39.0 Å². The van der Waals surface area contributed by atoms with Gasteiger partial charge in [-0.3, -0.25) is 0 Å². The minimum Gasteiger partial charge on any atom is -0.0877 e. The van der Waals surface area contributed by atoms with E-state index in [0.717, 1.165) is 0 Å². The second kappa shape index (κ2) is 5.04. The van der Waals surface area contributed by atoms with Gasteiger partial charge in [-0.2, -0.15) is 0 Å². The summed E-state index contributed by atoms with van der Waals surface area (Å²) in [5, 5.41) is 0. The molecule has 0 amide bonds. The van der Waals surface area contributed by atoms with Gasteiger partial charge in [-0.05, 0) is 33.3 Å². The van der Waals surface area contributed by atoms with Crippen LogP contribution in [-0.4, -0.2) is 0 Å². The maximum absolute atomic E-state index is 2.12. The first-order valence-corrected chi connectivity index (χ1v) is 3.65. The Bertz CT molecular complexity index is 168. The van der Waals surface area contributed by atoms with Crippen LogP contribution in [0, 0.1) is 0 Å². The first-order valence-electron chi connectivity index (χ1n) is 3.65. The molecule has 0 aliphatic heterocycles. The van der Waals surface area contributed by atoms with Crippen molar-refractivity contribution >= 4 is 0 Å². The molecule has 0 heteroatoms. The second-order valence-electron chi connectivity index (χ2n) is 2.35. The lowest BCUT2D eigenvalue weighted by molar-refractivity contribution is 1.33. The smallest absolute Gasteiger partial charge is 0.0395 e. The maximum atomic E-state index is 2.12. The van der Waals surface area contributed by atoms with Crippen molar-refractivity contribution in [3.8, 4) is 0 Å². The zero-order valence-corrected chi connectivity index (χ0v) is 7.31. The predicted molar refractivity (Wildman–Crippen MR) is 48.0 cm³/mol. The molecule has 0 bridgehead atoms. The monoisotopic (exact) mass is 136 g/mol. The summed E-state index contributed by atoms with van der Waals surface area (Å²) < 4.78 is 0. The molecule has 0 fully saturated rings. The summed E-state index contributed by atoms with van der Waals surface area (Å²) in [6, 6.07) is 0. The van der Waals surface area contributed by atoms with Crippen LogP contribution in [0.1, 0.15) is 27.7 Å². The quantitative estimate of drug-likeness (QED) is 0.510. The molecule has 0 atom stereocenters. The lowest BCUT2D eigenvalue weighted by Gasteiger charge is -1.96. The molecule has 0 unspecified atom stereocenters. The fraction of sp³-hybridized carbons (Fsp3) is 0.400. The van der Waals surface area contributed by atoms with E-state index >= 15 is 0 Å². The topological polar surface area (TPSA) is 0 Å². The molecule has 0 N–H and O–H groups in total. The summed E-state index contributed by atoms with van der Waals surface area (Å²) in [5.41, 5.74) is 2.68. The molecule has 0 aromatic heterocycles. The average Bonchev–Trinajstić information content (AvgIpc) is 1.98. The minimum atomic E-state index is 1.33. The van der Waals surface area contributed by atoms with Gasteiger partial charge in [0.1, 0.15) is 0 Å². The van der Waals surface area contributed by atoms with Gasteiger partial charge in [-0.25, -0.2) is 0 Å². The zero-order valence-electron chi connectivity index (χ0n) is 7.31. The van der Waals surface area contributed by atoms with Crippen molar-refractivity contribution < 1.29 is 0 Å². The predicted octanol–water partition coefficient (Wildman–Crippen LogP) is 3.48. The Morgan fingerprint density at radius 3 is 2.00 bits per heavy atom. The molecule has 0 saturated heterocycles. The van der Waals surface area contributed by atoms with Crippen LogP contribution in [0.3, 0.4) is 0 Å². The van der Waals surface area contributed by atoms with Crippen molar-refractivity contribution in [2.75, 3.05) is 0 Å². The normalized spacial score (nSPS) is 14.8. The Hall–Kier alpha value is -0.780. The van der Waals surface area contributed by atoms with Gasteiger partial charge >= 0.3 is 0 Å². The fourth-order valence-electron chi connectivity index (χ4n) is 0.600. The van der Waals surface area contributed by atoms with E-state index in [9.17, 15) is 0 Å². The van der Waals surface area contributed by atoms with Gasteiger partial charge in [-0.1, -0.05) is 29.9 Å². The molecule has 10 heavy (non-hydrogen) atoms. The molecule has 0 heterocycles. The Balaban J connectivity index is 4.19. The van der Waals surface area contributed by atoms with E-state index in [1.165, 1.54) is 11.1 Å². The van der Waals surface area contributed by atoms with Crippen molar-refractivity contribution in [2.24, 2.45) is 0 Å². The van der Waals surface area contributed by atoms with Crippen molar-refractivity contribution in [1.82, 2.24) is 0 Å². The summed E-state index contributed by atoms with van der Waals surface area (Å²) in [7, 11) is 0. The number of allylic oxidation sites excluding steroid dienone is 6. The molecule has 0 aromatic carbocycles. The Kier molecular flexibility index (Phi) is 4.65. The SMILES string of the molecule is C\C=C/C=C(C)\C(C)=C\C. The third-order valence-corrected chi connectivity index (χ3v) is 1.59. The van der Waals surface area contributed by atoms with E-state index < -0.39 is 0 Å². The highest BCUT2D eigenvalue weighted by Crippen LogP contribution is 2.06. The number of rotatable bonds is 2. The summed E-state index contributed by atoms with van der Waals surface area (Å²) in [4.78, 5) is 0. The van der Waals surface area contributed by atoms with Crippen molar-refractivity contribution in [3.05, 3.63) is 35.5 Å². The number of hydrogen-bond donors (Lipinski definition) is 0. The van der Waals surface area contributed by atoms with Gasteiger partial charge in [0.2, 0.25) is 0 Å². The second-order valence-corrected chi connectivity index (χ2v) is 2.35. The lowest BCUT2D eigenvalue weighted by Crippen LogP contribution is -1.75. The van der Waals surface area contributed by atoms with Crippen LogP contribution in [0.5, 0.6) is 0 Å². The molecule has 0 nitrogen and oxygen atoms in total. The summed E-state index contributed by atoms with van der Waals surface area (Å²) in [6.07, 6.45) is 8.33. The molecule has 0 radical (unpaired) electrons. The van der Waals surface area contributed by atoms with E-state index in [1.54, 1.807) is 0 Å². The number of hydrogen-bond acceptors (Lipinski definition) is 0. The van der Waals surface area contributed by atoms with Gasteiger partial charge in [0.15, 0.2) is 0 Å². The molecular weight excluding hydrogens is 120 g/mol. The summed E-state index contributed by atoms with van der Waals surface area (Å²) in [5.74, 6) is 0. The molecular formula is C10H16. The molecule has 0 spiro atoms. The largest absolute Gasteiger partial charge is 0.0877 e. The summed E-state index contributed by atoms with van der Waals surface area (Å²) in [6.45, 7) is 8.32. The summed E-state index contributed by atoms with van der Waals surface area (Å²) >= 11 is 0. The molecule has 56 valence electrons. The lowest BCUT2D eigenvalue weighted by atomic mass is 10.1. The van der Waals surface area contributed by atoms with Crippen molar-refractivity contribution in [1.29, 1.82) is 0 Å². The van der Waals surface area contributed by atoms with Gasteiger partial charge in [0.05, 0.1) is 0 Å². The van der Waals surface area contributed by atoms with Gasteiger partial charge in [0.25, 0.3) is 0 Å². The van der Waals surface area contributed by atoms with Crippen LogP contribution in [-0.2, 0) is 0 Å². The molecule has 0 rings (SSSR count). The van der Waals surface area contributed by atoms with Gasteiger partial charge in [0, 0.05) is 0 Å². The highest BCUT2D eigenvalue weighted by atomic mass is 13.9. The first kappa shape index (κ1) is 9.22. The van der Waals surface area contributed by atoms with Crippen LogP contribution in [0.15, 0.2) is 35.5 Å². The van der Waals surface area contributed by atoms with E-state index in [4.69, 9.17) is 0 Å². The van der Waals surface area contributed by atoms with E-state index in [0.29, 0.717) is 0 Å². The van der Waals surface area contributed by atoms with Crippen LogP contribution >= 0.6 is 0 Å². The van der Waals surface area contributed by atoms with Crippen LogP contribution in [0.2, 0.25) is 0 Å². The Labute approximate surface area is 64.0 Å². The minimum absolute atomic E-state index is 1.33. The molecule has 0 saturated carbocycles. The van der Waals surface area contributed by atoms with Gasteiger partial charge < -0.3 is 0 Å². The Morgan fingerprint density at radius 2 is 1.60 bits per heavy atom. The fourth-order valence-corrected chi connectivity index (χ4v) is 0.600. The standard InChI is InChI=1S/C10H16/c1-5-7-8-10(4)9(3)6-2/h5-8H,1-4H3/b7-5-,9-6+,10-8-. The molecule has 0 aliphatic carbocycles. The van der Waals surface area contributed by atoms with Gasteiger partial charge in [-0.15, -0.1) is 0 Å². The average molecular weight is 136 g/mol. The zero-order chi connectivity index (χ0) is 7.98. The van der Waals surface area contributed by atoms with Crippen molar-refractivity contribution in [2.45, 2.75) is 27.7 Å². The third kappa shape index (κ3) is 3.29. The van der Waals surface area contributed by atoms with Crippen LogP contribution in [0.25, 0.3) is 0 Å². The third-order valence-electron chi connectivity index (χ3n) is 1.59. The first-order chi connectivity index (χ1) is 4.72. The van der Waals surface area contributed by atoms with E-state index in [1.807, 2.05) is 13.0 Å². The van der Waals surface area contributed by atoms with Crippen LogP contribution in [0.4, 0.5) is 0 Å². The van der Waals surface area contributed by atoms with Crippen molar-refractivity contribution in [3.63, 3.8) is 0 Å².